The zero-order valence-electron chi connectivity index (χ0n) is 11.3. The Bertz CT molecular complexity index is 439. The smallest absolute Gasteiger partial charge is 0.145 e. The quantitative estimate of drug-likeness (QED) is 0.868. The number of piperidine rings is 1. The summed E-state index contributed by atoms with van der Waals surface area (Å²) in [6.07, 6.45) is 1.29. The summed E-state index contributed by atoms with van der Waals surface area (Å²) >= 11 is 5.63. The first-order valence-corrected chi connectivity index (χ1v) is 7.18. The van der Waals surface area contributed by atoms with Gasteiger partial charge in [0.1, 0.15) is 17.7 Å². The van der Waals surface area contributed by atoms with E-state index in [-0.39, 0.29) is 17.7 Å². The standard InChI is InChI=1S/C14H20ClFN2O2/c15-13-2-1-12(7-14(13)16)20-11-3-5-18(6-4-11)9-10(19)8-17/h1-2,7,10-11,19H,3-6,8-9,17H2. The van der Waals surface area contributed by atoms with Crippen LogP contribution in [0.5, 0.6) is 5.75 Å². The maximum absolute atomic E-state index is 13.3. The van der Waals surface area contributed by atoms with Crippen LogP contribution >= 0.6 is 11.6 Å². The molecule has 0 radical (unpaired) electrons. The molecule has 20 heavy (non-hydrogen) atoms. The molecule has 0 aromatic heterocycles. The summed E-state index contributed by atoms with van der Waals surface area (Å²) in [5.74, 6) is 0.0417. The molecule has 6 heteroatoms. The maximum atomic E-state index is 13.3. The van der Waals surface area contributed by atoms with Crippen molar-refractivity contribution in [3.8, 4) is 5.75 Å². The number of likely N-dealkylation sites (tertiary alicyclic amines) is 1. The maximum Gasteiger partial charge on any atom is 0.145 e. The zero-order valence-corrected chi connectivity index (χ0v) is 12.0. The van der Waals surface area contributed by atoms with Crippen molar-refractivity contribution in [2.45, 2.75) is 25.0 Å². The Morgan fingerprint density at radius 3 is 2.75 bits per heavy atom. The highest BCUT2D eigenvalue weighted by Crippen LogP contribution is 2.23. The minimum atomic E-state index is -0.474. The highest BCUT2D eigenvalue weighted by Gasteiger charge is 2.22. The van der Waals surface area contributed by atoms with Gasteiger partial charge in [0.2, 0.25) is 0 Å². The number of rotatable bonds is 5. The van der Waals surface area contributed by atoms with E-state index in [1.807, 2.05) is 0 Å². The van der Waals surface area contributed by atoms with Crippen molar-refractivity contribution in [3.63, 3.8) is 0 Å². The predicted molar refractivity (Wildman–Crippen MR) is 76.6 cm³/mol. The Labute approximate surface area is 123 Å². The second kappa shape index (κ2) is 7.22. The number of aliphatic hydroxyl groups excluding tert-OH is 1. The van der Waals surface area contributed by atoms with Crippen LogP contribution in [0.15, 0.2) is 18.2 Å². The molecule has 1 aliphatic rings. The van der Waals surface area contributed by atoms with E-state index in [2.05, 4.69) is 4.90 Å². The van der Waals surface area contributed by atoms with Gasteiger partial charge in [0.05, 0.1) is 11.1 Å². The van der Waals surface area contributed by atoms with Crippen LogP contribution < -0.4 is 10.5 Å². The molecule has 4 nitrogen and oxygen atoms in total. The first-order chi connectivity index (χ1) is 9.58. The van der Waals surface area contributed by atoms with E-state index in [1.54, 1.807) is 6.07 Å². The molecule has 0 aliphatic carbocycles. The number of halogens is 2. The summed E-state index contributed by atoms with van der Waals surface area (Å²) in [5.41, 5.74) is 5.40. The molecular formula is C14H20ClFN2O2. The van der Waals surface area contributed by atoms with Gasteiger partial charge in [-0.05, 0) is 25.0 Å². The van der Waals surface area contributed by atoms with Crippen LogP contribution in [0, 0.1) is 5.82 Å². The Kier molecular flexibility index (Phi) is 5.60. The van der Waals surface area contributed by atoms with Crippen LogP contribution in [-0.2, 0) is 0 Å². The lowest BCUT2D eigenvalue weighted by Crippen LogP contribution is -2.43. The largest absolute Gasteiger partial charge is 0.490 e. The first kappa shape index (κ1) is 15.5. The molecule has 1 unspecified atom stereocenters. The van der Waals surface area contributed by atoms with Crippen molar-refractivity contribution < 1.29 is 14.2 Å². The zero-order chi connectivity index (χ0) is 14.5. The molecule has 0 amide bonds. The summed E-state index contributed by atoms with van der Waals surface area (Å²) in [4.78, 5) is 2.17. The van der Waals surface area contributed by atoms with E-state index in [4.69, 9.17) is 22.1 Å². The van der Waals surface area contributed by atoms with Crippen LogP contribution in [0.2, 0.25) is 5.02 Å². The number of benzene rings is 1. The van der Waals surface area contributed by atoms with Crippen molar-refractivity contribution in [3.05, 3.63) is 29.0 Å². The van der Waals surface area contributed by atoms with Gasteiger partial charge in [-0.25, -0.2) is 4.39 Å². The molecular weight excluding hydrogens is 283 g/mol. The van der Waals surface area contributed by atoms with Crippen molar-refractivity contribution in [1.29, 1.82) is 0 Å². The topological polar surface area (TPSA) is 58.7 Å². The second-order valence-electron chi connectivity index (χ2n) is 5.08. The van der Waals surface area contributed by atoms with Crippen molar-refractivity contribution >= 4 is 11.6 Å². The van der Waals surface area contributed by atoms with Gasteiger partial charge in [0.25, 0.3) is 0 Å². The summed E-state index contributed by atoms with van der Waals surface area (Å²) in [6.45, 7) is 2.56. The van der Waals surface area contributed by atoms with Gasteiger partial charge in [0.15, 0.2) is 0 Å². The van der Waals surface area contributed by atoms with E-state index in [9.17, 15) is 9.50 Å². The van der Waals surface area contributed by atoms with E-state index in [0.29, 0.717) is 12.3 Å². The third kappa shape index (κ3) is 4.31. The molecule has 112 valence electrons. The minimum Gasteiger partial charge on any atom is -0.490 e. The number of nitrogens with zero attached hydrogens (tertiary/aromatic N) is 1. The van der Waals surface area contributed by atoms with Crippen LogP contribution in [0.1, 0.15) is 12.8 Å². The summed E-state index contributed by atoms with van der Waals surface area (Å²) in [5, 5.41) is 9.62. The van der Waals surface area contributed by atoms with Crippen molar-refractivity contribution in [2.75, 3.05) is 26.2 Å². The van der Waals surface area contributed by atoms with Crippen LogP contribution in [0.4, 0.5) is 4.39 Å². The lowest BCUT2D eigenvalue weighted by molar-refractivity contribution is 0.0640. The lowest BCUT2D eigenvalue weighted by Gasteiger charge is -2.33. The van der Waals surface area contributed by atoms with Crippen LogP contribution in [0.3, 0.4) is 0 Å². The Morgan fingerprint density at radius 2 is 2.15 bits per heavy atom. The van der Waals surface area contributed by atoms with Gasteiger partial charge in [-0.15, -0.1) is 0 Å². The number of nitrogens with two attached hydrogens (primary N) is 1. The van der Waals surface area contributed by atoms with E-state index >= 15 is 0 Å². The summed E-state index contributed by atoms with van der Waals surface area (Å²) < 4.78 is 19.1. The fourth-order valence-corrected chi connectivity index (χ4v) is 2.44. The molecule has 0 spiro atoms. The second-order valence-corrected chi connectivity index (χ2v) is 5.49. The van der Waals surface area contributed by atoms with Gasteiger partial charge in [-0.2, -0.15) is 0 Å². The predicted octanol–water partition coefficient (Wildman–Crippen LogP) is 1.64. The van der Waals surface area contributed by atoms with Gasteiger partial charge in [-0.3, -0.25) is 0 Å². The van der Waals surface area contributed by atoms with Crippen molar-refractivity contribution in [1.82, 2.24) is 4.90 Å². The SMILES string of the molecule is NCC(O)CN1CCC(Oc2ccc(Cl)c(F)c2)CC1. The van der Waals surface area contributed by atoms with E-state index < -0.39 is 11.9 Å². The first-order valence-electron chi connectivity index (χ1n) is 6.80. The average Bonchev–Trinajstić information content (AvgIpc) is 2.45. The van der Waals surface area contributed by atoms with Gasteiger partial charge in [0, 0.05) is 32.2 Å². The normalized spacial score (nSPS) is 19.0. The molecule has 3 N–H and O–H groups in total. The molecule has 0 saturated carbocycles. The van der Waals surface area contributed by atoms with Crippen molar-refractivity contribution in [2.24, 2.45) is 5.73 Å². The lowest BCUT2D eigenvalue weighted by atomic mass is 10.1. The highest BCUT2D eigenvalue weighted by molar-refractivity contribution is 6.30. The number of β-amino-alcohol motifs (C(OH)–C–C–N with tert-alkyl or cyclic N) is 1. The van der Waals surface area contributed by atoms with Gasteiger partial charge in [-0.1, -0.05) is 11.6 Å². The molecule has 1 atom stereocenters. The number of ether oxygens (including phenoxy) is 1. The number of hydrogen-bond donors (Lipinski definition) is 2. The molecule has 2 rings (SSSR count). The molecule has 1 fully saturated rings. The highest BCUT2D eigenvalue weighted by atomic mass is 35.5. The van der Waals surface area contributed by atoms with E-state index in [1.165, 1.54) is 12.1 Å². The van der Waals surface area contributed by atoms with Gasteiger partial charge < -0.3 is 20.5 Å². The summed E-state index contributed by atoms with van der Waals surface area (Å²) in [7, 11) is 0. The molecule has 1 aromatic carbocycles. The minimum absolute atomic E-state index is 0.0712. The van der Waals surface area contributed by atoms with E-state index in [0.717, 1.165) is 25.9 Å². The molecule has 1 heterocycles. The monoisotopic (exact) mass is 302 g/mol. The fraction of sp³-hybridized carbons (Fsp3) is 0.571. The number of aliphatic hydroxyl groups is 1. The Hall–Kier alpha value is -0.880. The van der Waals surface area contributed by atoms with Crippen LogP contribution in [0.25, 0.3) is 0 Å². The molecule has 1 aromatic rings. The summed E-state index contributed by atoms with van der Waals surface area (Å²) in [6, 6.07) is 4.49. The third-order valence-corrected chi connectivity index (χ3v) is 3.78. The number of hydrogen-bond acceptors (Lipinski definition) is 4. The van der Waals surface area contributed by atoms with Gasteiger partial charge >= 0.3 is 0 Å². The molecule has 1 saturated heterocycles. The molecule has 0 bridgehead atoms. The average molecular weight is 303 g/mol. The Morgan fingerprint density at radius 1 is 1.45 bits per heavy atom. The fourth-order valence-electron chi connectivity index (χ4n) is 2.32. The van der Waals surface area contributed by atoms with Crippen LogP contribution in [-0.4, -0.2) is 48.4 Å². The molecule has 1 aliphatic heterocycles. The third-order valence-electron chi connectivity index (χ3n) is 3.47. The Balaban J connectivity index is 1.80.